The second-order valence-corrected chi connectivity index (χ2v) is 3.58. The SMILES string of the molecule is CC(N)C(=O)c1cnc2c(c1)ncn2C. The summed E-state index contributed by atoms with van der Waals surface area (Å²) in [4.78, 5) is 19.9. The first-order valence-corrected chi connectivity index (χ1v) is 4.66. The topological polar surface area (TPSA) is 73.8 Å². The molecule has 2 aromatic rings. The minimum absolute atomic E-state index is 0.116. The zero-order valence-electron chi connectivity index (χ0n) is 8.64. The van der Waals surface area contributed by atoms with Crippen LogP contribution in [0.25, 0.3) is 11.2 Å². The summed E-state index contributed by atoms with van der Waals surface area (Å²) in [6.07, 6.45) is 3.20. The lowest BCUT2D eigenvalue weighted by Crippen LogP contribution is -2.26. The number of fused-ring (bicyclic) bond motifs is 1. The van der Waals surface area contributed by atoms with Crippen LogP contribution in [0.5, 0.6) is 0 Å². The van der Waals surface area contributed by atoms with Crippen molar-refractivity contribution in [2.75, 3.05) is 0 Å². The number of ketones is 1. The van der Waals surface area contributed by atoms with Crippen molar-refractivity contribution in [1.82, 2.24) is 14.5 Å². The van der Waals surface area contributed by atoms with Gasteiger partial charge in [-0.2, -0.15) is 0 Å². The van der Waals surface area contributed by atoms with Crippen molar-refractivity contribution in [3.63, 3.8) is 0 Å². The van der Waals surface area contributed by atoms with Crippen molar-refractivity contribution in [2.45, 2.75) is 13.0 Å². The molecule has 5 nitrogen and oxygen atoms in total. The molecule has 0 bridgehead atoms. The number of nitrogens with zero attached hydrogens (tertiary/aromatic N) is 3. The molecule has 2 N–H and O–H groups in total. The lowest BCUT2D eigenvalue weighted by molar-refractivity contribution is 0.0968. The van der Waals surface area contributed by atoms with Gasteiger partial charge in [-0.15, -0.1) is 0 Å². The largest absolute Gasteiger partial charge is 0.321 e. The van der Waals surface area contributed by atoms with E-state index in [2.05, 4.69) is 9.97 Å². The van der Waals surface area contributed by atoms with E-state index in [-0.39, 0.29) is 5.78 Å². The fraction of sp³-hybridized carbons (Fsp3) is 0.300. The first kappa shape index (κ1) is 9.79. The number of aromatic nitrogens is 3. The molecule has 1 unspecified atom stereocenters. The van der Waals surface area contributed by atoms with E-state index in [9.17, 15) is 4.79 Å². The smallest absolute Gasteiger partial charge is 0.180 e. The van der Waals surface area contributed by atoms with E-state index in [1.165, 1.54) is 6.20 Å². The van der Waals surface area contributed by atoms with E-state index in [0.717, 1.165) is 5.65 Å². The number of hydrogen-bond acceptors (Lipinski definition) is 4. The van der Waals surface area contributed by atoms with E-state index in [1.807, 2.05) is 7.05 Å². The van der Waals surface area contributed by atoms with E-state index in [1.54, 1.807) is 23.9 Å². The molecule has 2 heterocycles. The van der Waals surface area contributed by atoms with Gasteiger partial charge in [0, 0.05) is 18.8 Å². The van der Waals surface area contributed by atoms with Gasteiger partial charge < -0.3 is 10.3 Å². The lowest BCUT2D eigenvalue weighted by atomic mass is 10.1. The molecule has 2 aromatic heterocycles. The zero-order valence-corrected chi connectivity index (χ0v) is 8.64. The Morgan fingerprint density at radius 3 is 2.93 bits per heavy atom. The molecular formula is C10H12N4O. The molecule has 2 rings (SSSR count). The van der Waals surface area contributed by atoms with E-state index in [4.69, 9.17) is 5.73 Å². The highest BCUT2D eigenvalue weighted by molar-refractivity contribution is 6.01. The molecule has 0 saturated heterocycles. The minimum Gasteiger partial charge on any atom is -0.321 e. The maximum absolute atomic E-state index is 11.6. The Morgan fingerprint density at radius 2 is 2.27 bits per heavy atom. The lowest BCUT2D eigenvalue weighted by Gasteiger charge is -2.03. The van der Waals surface area contributed by atoms with Gasteiger partial charge in [0.2, 0.25) is 0 Å². The van der Waals surface area contributed by atoms with Gasteiger partial charge in [0.05, 0.1) is 12.4 Å². The zero-order chi connectivity index (χ0) is 11.0. The van der Waals surface area contributed by atoms with Gasteiger partial charge in [-0.05, 0) is 13.0 Å². The summed E-state index contributed by atoms with van der Waals surface area (Å²) in [5.41, 5.74) is 7.50. The average molecular weight is 204 g/mol. The second kappa shape index (κ2) is 3.43. The standard InChI is InChI=1S/C10H12N4O/c1-6(11)9(15)7-3-8-10(12-4-7)14(2)5-13-8/h3-6H,11H2,1-2H3. The summed E-state index contributed by atoms with van der Waals surface area (Å²) in [7, 11) is 1.86. The third kappa shape index (κ3) is 1.61. The van der Waals surface area contributed by atoms with Crippen molar-refractivity contribution in [3.05, 3.63) is 24.2 Å². The number of aryl methyl sites for hydroxylation is 1. The molecular weight excluding hydrogens is 192 g/mol. The summed E-state index contributed by atoms with van der Waals surface area (Å²) in [5, 5.41) is 0. The van der Waals surface area contributed by atoms with Crippen LogP contribution < -0.4 is 5.73 Å². The Labute approximate surface area is 86.9 Å². The first-order valence-electron chi connectivity index (χ1n) is 4.66. The number of carbonyl (C=O) groups is 1. The van der Waals surface area contributed by atoms with Crippen LogP contribution in [0, 0.1) is 0 Å². The first-order chi connectivity index (χ1) is 7.09. The van der Waals surface area contributed by atoms with Crippen LogP contribution in [0.1, 0.15) is 17.3 Å². The van der Waals surface area contributed by atoms with Gasteiger partial charge in [0.15, 0.2) is 11.4 Å². The molecule has 0 aliphatic carbocycles. The third-order valence-corrected chi connectivity index (χ3v) is 2.25. The Bertz CT molecular complexity index is 515. The van der Waals surface area contributed by atoms with Gasteiger partial charge in [0.1, 0.15) is 5.52 Å². The normalized spacial score (nSPS) is 13.0. The average Bonchev–Trinajstić information content (AvgIpc) is 2.59. The number of nitrogens with two attached hydrogens (primary N) is 1. The molecule has 0 aliphatic rings. The highest BCUT2D eigenvalue weighted by Gasteiger charge is 2.12. The maximum atomic E-state index is 11.6. The summed E-state index contributed by atoms with van der Waals surface area (Å²) >= 11 is 0. The van der Waals surface area contributed by atoms with E-state index in [0.29, 0.717) is 11.1 Å². The van der Waals surface area contributed by atoms with Gasteiger partial charge in [0.25, 0.3) is 0 Å². The number of rotatable bonds is 2. The van der Waals surface area contributed by atoms with Crippen LogP contribution in [-0.2, 0) is 7.05 Å². The van der Waals surface area contributed by atoms with Gasteiger partial charge in [-0.3, -0.25) is 4.79 Å². The van der Waals surface area contributed by atoms with Crippen LogP contribution in [0.3, 0.4) is 0 Å². The molecule has 1 atom stereocenters. The third-order valence-electron chi connectivity index (χ3n) is 2.25. The van der Waals surface area contributed by atoms with Crippen molar-refractivity contribution >= 4 is 16.9 Å². The Hall–Kier alpha value is -1.75. The molecule has 0 radical (unpaired) electrons. The Kier molecular flexibility index (Phi) is 2.24. The molecule has 0 saturated carbocycles. The van der Waals surface area contributed by atoms with Crippen LogP contribution in [-0.4, -0.2) is 26.4 Å². The fourth-order valence-electron chi connectivity index (χ4n) is 1.41. The van der Waals surface area contributed by atoms with Crippen molar-refractivity contribution in [3.8, 4) is 0 Å². The van der Waals surface area contributed by atoms with Crippen molar-refractivity contribution in [1.29, 1.82) is 0 Å². The minimum atomic E-state index is -0.507. The summed E-state index contributed by atoms with van der Waals surface area (Å²) in [6.45, 7) is 1.66. The van der Waals surface area contributed by atoms with Crippen molar-refractivity contribution < 1.29 is 4.79 Å². The second-order valence-electron chi connectivity index (χ2n) is 3.58. The Balaban J connectivity index is 2.52. The van der Waals surface area contributed by atoms with Gasteiger partial charge in [-0.25, -0.2) is 9.97 Å². The fourth-order valence-corrected chi connectivity index (χ4v) is 1.41. The highest BCUT2D eigenvalue weighted by atomic mass is 16.1. The van der Waals surface area contributed by atoms with Crippen molar-refractivity contribution in [2.24, 2.45) is 12.8 Å². The summed E-state index contributed by atoms with van der Waals surface area (Å²) in [5.74, 6) is -0.116. The number of pyridine rings is 1. The quantitative estimate of drug-likeness (QED) is 0.723. The number of hydrogen-bond donors (Lipinski definition) is 1. The van der Waals surface area contributed by atoms with E-state index < -0.39 is 6.04 Å². The van der Waals surface area contributed by atoms with E-state index >= 15 is 0 Å². The molecule has 0 spiro atoms. The monoisotopic (exact) mass is 204 g/mol. The molecule has 15 heavy (non-hydrogen) atoms. The number of imidazole rings is 1. The highest BCUT2D eigenvalue weighted by Crippen LogP contribution is 2.11. The molecule has 0 fully saturated rings. The molecule has 78 valence electrons. The number of carbonyl (C=O) groups excluding carboxylic acids is 1. The Morgan fingerprint density at radius 1 is 1.53 bits per heavy atom. The summed E-state index contributed by atoms with van der Waals surface area (Å²) < 4.78 is 1.80. The van der Waals surface area contributed by atoms with Gasteiger partial charge in [-0.1, -0.05) is 0 Å². The summed E-state index contributed by atoms with van der Waals surface area (Å²) in [6, 6.07) is 1.21. The molecule has 0 amide bonds. The molecule has 0 aliphatic heterocycles. The molecule has 0 aromatic carbocycles. The van der Waals surface area contributed by atoms with Crippen LogP contribution in [0.4, 0.5) is 0 Å². The predicted molar refractivity (Wildman–Crippen MR) is 56.5 cm³/mol. The van der Waals surface area contributed by atoms with Crippen LogP contribution in [0.15, 0.2) is 18.6 Å². The van der Waals surface area contributed by atoms with Crippen LogP contribution >= 0.6 is 0 Å². The number of Topliss-reactive ketones (excluding diaryl/α,β-unsaturated/α-hetero) is 1. The maximum Gasteiger partial charge on any atom is 0.180 e. The predicted octanol–water partition coefficient (Wildman–Crippen LogP) is 0.498. The van der Waals surface area contributed by atoms with Crippen LogP contribution in [0.2, 0.25) is 0 Å². The van der Waals surface area contributed by atoms with Gasteiger partial charge >= 0.3 is 0 Å². The molecule has 5 heteroatoms.